The molecule has 0 bridgehead atoms. The Morgan fingerprint density at radius 1 is 1.41 bits per heavy atom. The van der Waals surface area contributed by atoms with Crippen LogP contribution in [0.15, 0.2) is 6.20 Å². The highest BCUT2D eigenvalue weighted by molar-refractivity contribution is 5.41. The van der Waals surface area contributed by atoms with E-state index in [4.69, 9.17) is 4.74 Å². The Morgan fingerprint density at radius 3 is 2.59 bits per heavy atom. The molecule has 1 aromatic heterocycles. The first-order chi connectivity index (χ1) is 7.95. The van der Waals surface area contributed by atoms with E-state index in [0.29, 0.717) is 13.0 Å². The number of aliphatic hydroxyl groups excluding tert-OH is 1. The average molecular weight is 238 g/mol. The van der Waals surface area contributed by atoms with Crippen molar-refractivity contribution < 1.29 is 9.84 Å². The SMILES string of the molecule is COc1c(C)cnc(CC(O)CN(C)C)c1C. The fourth-order valence-electron chi connectivity index (χ4n) is 1.99. The van der Waals surface area contributed by atoms with Gasteiger partial charge in [0.05, 0.1) is 13.2 Å². The molecule has 0 saturated heterocycles. The van der Waals surface area contributed by atoms with Crippen LogP contribution in [0.3, 0.4) is 0 Å². The van der Waals surface area contributed by atoms with Gasteiger partial charge in [0, 0.05) is 36.0 Å². The van der Waals surface area contributed by atoms with Gasteiger partial charge in [-0.05, 0) is 27.9 Å². The highest BCUT2D eigenvalue weighted by atomic mass is 16.5. The van der Waals surface area contributed by atoms with E-state index >= 15 is 0 Å². The van der Waals surface area contributed by atoms with Gasteiger partial charge in [0.2, 0.25) is 0 Å². The second-order valence-electron chi connectivity index (χ2n) is 4.67. The van der Waals surface area contributed by atoms with Crippen molar-refractivity contribution in [1.29, 1.82) is 0 Å². The number of hydrogen-bond acceptors (Lipinski definition) is 4. The molecular weight excluding hydrogens is 216 g/mol. The molecule has 0 saturated carbocycles. The van der Waals surface area contributed by atoms with Gasteiger partial charge in [-0.2, -0.15) is 0 Å². The van der Waals surface area contributed by atoms with Crippen LogP contribution in [-0.4, -0.2) is 48.8 Å². The largest absolute Gasteiger partial charge is 0.496 e. The molecule has 96 valence electrons. The molecular formula is C13H22N2O2. The molecule has 0 aliphatic rings. The van der Waals surface area contributed by atoms with Crippen molar-refractivity contribution in [2.45, 2.75) is 26.4 Å². The molecule has 0 amide bonds. The molecule has 4 nitrogen and oxygen atoms in total. The third kappa shape index (κ3) is 3.68. The van der Waals surface area contributed by atoms with Gasteiger partial charge in [-0.1, -0.05) is 0 Å². The smallest absolute Gasteiger partial charge is 0.128 e. The molecule has 1 N–H and O–H groups in total. The number of rotatable bonds is 5. The molecule has 0 spiro atoms. The summed E-state index contributed by atoms with van der Waals surface area (Å²) in [4.78, 5) is 6.34. The van der Waals surface area contributed by atoms with E-state index in [1.54, 1.807) is 13.3 Å². The number of nitrogens with zero attached hydrogens (tertiary/aromatic N) is 2. The lowest BCUT2D eigenvalue weighted by Gasteiger charge is -2.18. The summed E-state index contributed by atoms with van der Waals surface area (Å²) in [7, 11) is 5.55. The van der Waals surface area contributed by atoms with Crippen molar-refractivity contribution in [3.05, 3.63) is 23.0 Å². The molecule has 0 aliphatic carbocycles. The van der Waals surface area contributed by atoms with E-state index in [1.807, 2.05) is 32.8 Å². The Morgan fingerprint density at radius 2 is 2.06 bits per heavy atom. The van der Waals surface area contributed by atoms with Gasteiger partial charge < -0.3 is 14.7 Å². The second kappa shape index (κ2) is 5.98. The van der Waals surface area contributed by atoms with E-state index < -0.39 is 6.10 Å². The molecule has 4 heteroatoms. The van der Waals surface area contributed by atoms with Crippen LogP contribution in [0.4, 0.5) is 0 Å². The summed E-state index contributed by atoms with van der Waals surface area (Å²) in [6, 6.07) is 0. The quantitative estimate of drug-likeness (QED) is 0.836. The van der Waals surface area contributed by atoms with Crippen LogP contribution >= 0.6 is 0 Å². The molecule has 1 aromatic rings. The number of ether oxygens (including phenoxy) is 1. The van der Waals surface area contributed by atoms with Gasteiger partial charge in [-0.3, -0.25) is 4.98 Å². The summed E-state index contributed by atoms with van der Waals surface area (Å²) in [6.45, 7) is 4.59. The Hall–Kier alpha value is -1.13. The number of aryl methyl sites for hydroxylation is 1. The first-order valence-corrected chi connectivity index (χ1v) is 5.77. The van der Waals surface area contributed by atoms with Crippen LogP contribution in [0.25, 0.3) is 0 Å². The van der Waals surface area contributed by atoms with Crippen LogP contribution in [0.1, 0.15) is 16.8 Å². The van der Waals surface area contributed by atoms with Gasteiger partial charge in [0.25, 0.3) is 0 Å². The average Bonchev–Trinajstić information content (AvgIpc) is 2.22. The highest BCUT2D eigenvalue weighted by Gasteiger charge is 2.13. The molecule has 0 radical (unpaired) electrons. The van der Waals surface area contributed by atoms with Crippen LogP contribution in [0, 0.1) is 13.8 Å². The minimum Gasteiger partial charge on any atom is -0.496 e. The first kappa shape index (κ1) is 13.9. The summed E-state index contributed by atoms with van der Waals surface area (Å²) in [5, 5.41) is 9.91. The van der Waals surface area contributed by atoms with E-state index in [9.17, 15) is 5.11 Å². The van der Waals surface area contributed by atoms with Crippen molar-refractivity contribution in [2.24, 2.45) is 0 Å². The summed E-state index contributed by atoms with van der Waals surface area (Å²) >= 11 is 0. The zero-order valence-electron chi connectivity index (χ0n) is 11.3. The molecule has 0 fully saturated rings. The normalized spacial score (nSPS) is 12.9. The first-order valence-electron chi connectivity index (χ1n) is 5.77. The fourth-order valence-corrected chi connectivity index (χ4v) is 1.99. The van der Waals surface area contributed by atoms with Gasteiger partial charge in [-0.25, -0.2) is 0 Å². The van der Waals surface area contributed by atoms with Crippen LogP contribution < -0.4 is 4.74 Å². The maximum absolute atomic E-state index is 9.91. The van der Waals surface area contributed by atoms with Gasteiger partial charge in [0.1, 0.15) is 5.75 Å². The maximum atomic E-state index is 9.91. The lowest BCUT2D eigenvalue weighted by atomic mass is 10.1. The number of aromatic nitrogens is 1. The molecule has 1 atom stereocenters. The Kier molecular flexibility index (Phi) is 4.90. The van der Waals surface area contributed by atoms with Crippen LogP contribution in [0.5, 0.6) is 5.75 Å². The van der Waals surface area contributed by atoms with Crippen molar-refractivity contribution in [2.75, 3.05) is 27.7 Å². The Balaban J connectivity index is 2.85. The molecule has 1 unspecified atom stereocenters. The molecule has 0 aromatic carbocycles. The molecule has 0 aliphatic heterocycles. The van der Waals surface area contributed by atoms with Crippen molar-refractivity contribution in [3.63, 3.8) is 0 Å². The third-order valence-corrected chi connectivity index (χ3v) is 2.75. The van der Waals surface area contributed by atoms with Gasteiger partial charge in [-0.15, -0.1) is 0 Å². The van der Waals surface area contributed by atoms with Gasteiger partial charge in [0.15, 0.2) is 0 Å². The number of hydrogen-bond donors (Lipinski definition) is 1. The molecule has 1 heterocycles. The van der Waals surface area contributed by atoms with Crippen LogP contribution in [-0.2, 0) is 6.42 Å². The molecule has 1 rings (SSSR count). The summed E-state index contributed by atoms with van der Waals surface area (Å²) < 4.78 is 5.35. The van der Waals surface area contributed by atoms with E-state index in [-0.39, 0.29) is 0 Å². The number of methoxy groups -OCH3 is 1. The third-order valence-electron chi connectivity index (χ3n) is 2.75. The lowest BCUT2D eigenvalue weighted by molar-refractivity contribution is 0.136. The van der Waals surface area contributed by atoms with E-state index in [0.717, 1.165) is 22.6 Å². The Bertz CT molecular complexity index is 378. The number of aliphatic hydroxyl groups is 1. The minimum atomic E-state index is -0.399. The minimum absolute atomic E-state index is 0.399. The second-order valence-corrected chi connectivity index (χ2v) is 4.67. The fraction of sp³-hybridized carbons (Fsp3) is 0.615. The predicted octanol–water partition coefficient (Wildman–Crippen LogP) is 1.17. The Labute approximate surface area is 103 Å². The highest BCUT2D eigenvalue weighted by Crippen LogP contribution is 2.24. The number of likely N-dealkylation sites (N-methyl/N-ethyl adjacent to an activating group) is 1. The van der Waals surface area contributed by atoms with E-state index in [2.05, 4.69) is 4.98 Å². The number of pyridine rings is 1. The molecule has 17 heavy (non-hydrogen) atoms. The summed E-state index contributed by atoms with van der Waals surface area (Å²) in [5.74, 6) is 0.868. The van der Waals surface area contributed by atoms with Crippen molar-refractivity contribution in [1.82, 2.24) is 9.88 Å². The topological polar surface area (TPSA) is 45.6 Å². The van der Waals surface area contributed by atoms with Crippen molar-refractivity contribution >= 4 is 0 Å². The monoisotopic (exact) mass is 238 g/mol. The van der Waals surface area contributed by atoms with Gasteiger partial charge >= 0.3 is 0 Å². The van der Waals surface area contributed by atoms with Crippen molar-refractivity contribution in [3.8, 4) is 5.75 Å². The standard InChI is InChI=1S/C13H22N2O2/c1-9-7-14-12(10(2)13(9)17-5)6-11(16)8-15(3)4/h7,11,16H,6,8H2,1-5H3. The lowest BCUT2D eigenvalue weighted by Crippen LogP contribution is -2.28. The van der Waals surface area contributed by atoms with E-state index in [1.165, 1.54) is 0 Å². The summed E-state index contributed by atoms with van der Waals surface area (Å²) in [5.41, 5.74) is 2.95. The zero-order valence-corrected chi connectivity index (χ0v) is 11.3. The predicted molar refractivity (Wildman–Crippen MR) is 68.5 cm³/mol. The summed E-state index contributed by atoms with van der Waals surface area (Å²) in [6.07, 6.45) is 1.95. The maximum Gasteiger partial charge on any atom is 0.128 e. The van der Waals surface area contributed by atoms with Crippen LogP contribution in [0.2, 0.25) is 0 Å². The zero-order chi connectivity index (χ0) is 13.0.